The van der Waals surface area contributed by atoms with Crippen molar-refractivity contribution in [1.29, 1.82) is 0 Å². The molecule has 3 aliphatic heterocycles. The normalized spacial score (nSPS) is 27.6. The van der Waals surface area contributed by atoms with E-state index in [0.29, 0.717) is 18.7 Å². The van der Waals surface area contributed by atoms with Gasteiger partial charge in [-0.3, -0.25) is 9.59 Å². The molecular weight excluding hydrogens is 346 g/mol. The molecule has 2 amide bonds. The SMILES string of the molecule is CC12CCC(=O)N1C(C(=O)NCc1ccc3c(c1)CNC3)CS2.Cl. The van der Waals surface area contributed by atoms with Gasteiger partial charge in [0.1, 0.15) is 6.04 Å². The van der Waals surface area contributed by atoms with E-state index in [0.717, 1.165) is 25.1 Å². The van der Waals surface area contributed by atoms with Crippen LogP contribution in [0.15, 0.2) is 18.2 Å². The number of nitrogens with one attached hydrogen (secondary N) is 2. The Balaban J connectivity index is 0.00000169. The van der Waals surface area contributed by atoms with Crippen molar-refractivity contribution in [2.45, 2.75) is 50.3 Å². The van der Waals surface area contributed by atoms with Gasteiger partial charge < -0.3 is 15.5 Å². The van der Waals surface area contributed by atoms with E-state index in [1.54, 1.807) is 16.7 Å². The molecule has 2 saturated heterocycles. The zero-order valence-corrected chi connectivity index (χ0v) is 15.3. The van der Waals surface area contributed by atoms with Crippen LogP contribution < -0.4 is 10.6 Å². The molecule has 7 heteroatoms. The van der Waals surface area contributed by atoms with E-state index < -0.39 is 0 Å². The molecule has 2 N–H and O–H groups in total. The van der Waals surface area contributed by atoms with Crippen LogP contribution in [0.4, 0.5) is 0 Å². The van der Waals surface area contributed by atoms with Crippen LogP contribution in [0.2, 0.25) is 0 Å². The van der Waals surface area contributed by atoms with Crippen molar-refractivity contribution < 1.29 is 9.59 Å². The third-order valence-electron chi connectivity index (χ3n) is 5.12. The molecule has 1 aromatic rings. The van der Waals surface area contributed by atoms with Crippen LogP contribution in [0.1, 0.15) is 36.5 Å². The fourth-order valence-electron chi connectivity index (χ4n) is 3.78. The zero-order valence-electron chi connectivity index (χ0n) is 13.6. The molecule has 5 nitrogen and oxygen atoms in total. The number of amides is 2. The highest BCUT2D eigenvalue weighted by molar-refractivity contribution is 8.01. The molecule has 3 heterocycles. The van der Waals surface area contributed by atoms with Crippen molar-refractivity contribution in [2.75, 3.05) is 5.75 Å². The van der Waals surface area contributed by atoms with Gasteiger partial charge in [-0.25, -0.2) is 0 Å². The van der Waals surface area contributed by atoms with Crippen LogP contribution in [0.25, 0.3) is 0 Å². The first-order chi connectivity index (χ1) is 11.1. The Morgan fingerprint density at radius 3 is 3.04 bits per heavy atom. The average Bonchev–Trinajstić information content (AvgIpc) is 3.20. The molecule has 2 unspecified atom stereocenters. The van der Waals surface area contributed by atoms with Crippen molar-refractivity contribution in [2.24, 2.45) is 0 Å². The van der Waals surface area contributed by atoms with Crippen molar-refractivity contribution in [3.63, 3.8) is 0 Å². The topological polar surface area (TPSA) is 61.4 Å². The zero-order chi connectivity index (χ0) is 16.0. The molecule has 1 aromatic carbocycles. The van der Waals surface area contributed by atoms with E-state index in [9.17, 15) is 9.59 Å². The Morgan fingerprint density at radius 1 is 1.42 bits per heavy atom. The maximum Gasteiger partial charge on any atom is 0.243 e. The number of rotatable bonds is 3. The highest BCUT2D eigenvalue weighted by Gasteiger charge is 2.52. The Bertz CT molecular complexity index is 684. The molecule has 0 saturated carbocycles. The minimum atomic E-state index is -0.323. The van der Waals surface area contributed by atoms with Gasteiger partial charge in [0.2, 0.25) is 11.8 Å². The maximum absolute atomic E-state index is 12.6. The quantitative estimate of drug-likeness (QED) is 0.855. The molecule has 0 aliphatic carbocycles. The molecule has 4 rings (SSSR count). The van der Waals surface area contributed by atoms with E-state index in [-0.39, 0.29) is 35.1 Å². The lowest BCUT2D eigenvalue weighted by molar-refractivity contribution is -0.138. The Morgan fingerprint density at radius 2 is 2.21 bits per heavy atom. The predicted octanol–water partition coefficient (Wildman–Crippen LogP) is 1.78. The Labute approximate surface area is 152 Å². The second kappa shape index (κ2) is 6.58. The number of nitrogens with zero attached hydrogens (tertiary/aromatic N) is 1. The number of carbonyl (C=O) groups excluding carboxylic acids is 2. The first-order valence-corrected chi connectivity index (χ1v) is 9.11. The lowest BCUT2D eigenvalue weighted by atomic mass is 10.1. The van der Waals surface area contributed by atoms with Crippen LogP contribution in [0.5, 0.6) is 0 Å². The lowest BCUT2D eigenvalue weighted by Crippen LogP contribution is -2.49. The number of carbonyl (C=O) groups is 2. The minimum absolute atomic E-state index is 0. The molecule has 0 bridgehead atoms. The fourth-order valence-corrected chi connectivity index (χ4v) is 5.21. The number of hydrogen-bond acceptors (Lipinski definition) is 4. The third kappa shape index (κ3) is 2.91. The van der Waals surface area contributed by atoms with Crippen molar-refractivity contribution in [1.82, 2.24) is 15.5 Å². The largest absolute Gasteiger partial charge is 0.350 e. The van der Waals surface area contributed by atoms with Gasteiger partial charge in [0, 0.05) is 31.8 Å². The summed E-state index contributed by atoms with van der Waals surface area (Å²) in [4.78, 5) is 26.3. The number of thioether (sulfide) groups is 1. The van der Waals surface area contributed by atoms with Crippen LogP contribution in [0, 0.1) is 0 Å². The van der Waals surface area contributed by atoms with Crippen LogP contribution >= 0.6 is 24.2 Å². The van der Waals surface area contributed by atoms with E-state index in [4.69, 9.17) is 0 Å². The second-order valence-electron chi connectivity index (χ2n) is 6.69. The van der Waals surface area contributed by atoms with Gasteiger partial charge in [-0.1, -0.05) is 18.2 Å². The first kappa shape index (κ1) is 17.6. The molecule has 130 valence electrons. The summed E-state index contributed by atoms with van der Waals surface area (Å²) < 4.78 is 0. The van der Waals surface area contributed by atoms with E-state index >= 15 is 0 Å². The molecule has 2 fully saturated rings. The van der Waals surface area contributed by atoms with E-state index in [1.165, 1.54) is 11.1 Å². The van der Waals surface area contributed by atoms with Gasteiger partial charge in [0.15, 0.2) is 0 Å². The van der Waals surface area contributed by atoms with Crippen molar-refractivity contribution in [3.8, 4) is 0 Å². The van der Waals surface area contributed by atoms with Crippen molar-refractivity contribution >= 4 is 36.0 Å². The fraction of sp³-hybridized carbons (Fsp3) is 0.529. The predicted molar refractivity (Wildman–Crippen MR) is 96.8 cm³/mol. The van der Waals surface area contributed by atoms with Gasteiger partial charge in [-0.15, -0.1) is 24.2 Å². The van der Waals surface area contributed by atoms with E-state index in [2.05, 4.69) is 35.8 Å². The molecule has 2 atom stereocenters. The summed E-state index contributed by atoms with van der Waals surface area (Å²) in [5.41, 5.74) is 3.77. The smallest absolute Gasteiger partial charge is 0.243 e. The summed E-state index contributed by atoms with van der Waals surface area (Å²) in [6.07, 6.45) is 1.41. The monoisotopic (exact) mass is 367 g/mol. The molecule has 0 radical (unpaired) electrons. The molecule has 3 aliphatic rings. The average molecular weight is 368 g/mol. The van der Waals surface area contributed by atoms with Gasteiger partial charge >= 0.3 is 0 Å². The van der Waals surface area contributed by atoms with Crippen LogP contribution in [-0.4, -0.2) is 33.4 Å². The molecule has 0 spiro atoms. The summed E-state index contributed by atoms with van der Waals surface area (Å²) in [6.45, 7) is 4.42. The van der Waals surface area contributed by atoms with Crippen molar-refractivity contribution in [3.05, 3.63) is 34.9 Å². The second-order valence-corrected chi connectivity index (χ2v) is 8.19. The number of benzene rings is 1. The lowest BCUT2D eigenvalue weighted by Gasteiger charge is -2.29. The third-order valence-corrected chi connectivity index (χ3v) is 6.62. The number of halogens is 1. The van der Waals surface area contributed by atoms with Gasteiger partial charge in [-0.05, 0) is 30.0 Å². The van der Waals surface area contributed by atoms with Gasteiger partial charge in [-0.2, -0.15) is 0 Å². The maximum atomic E-state index is 12.6. The highest BCUT2D eigenvalue weighted by atomic mass is 35.5. The summed E-state index contributed by atoms with van der Waals surface area (Å²) in [6, 6.07) is 6.03. The first-order valence-electron chi connectivity index (χ1n) is 8.12. The Hall–Kier alpha value is -1.24. The molecule has 24 heavy (non-hydrogen) atoms. The summed E-state index contributed by atoms with van der Waals surface area (Å²) in [5, 5.41) is 6.34. The van der Waals surface area contributed by atoms with Gasteiger partial charge in [0.05, 0.1) is 4.87 Å². The Kier molecular flexibility index (Phi) is 4.82. The minimum Gasteiger partial charge on any atom is -0.350 e. The summed E-state index contributed by atoms with van der Waals surface area (Å²) in [7, 11) is 0. The highest BCUT2D eigenvalue weighted by Crippen LogP contribution is 2.47. The van der Waals surface area contributed by atoms with Gasteiger partial charge in [0.25, 0.3) is 0 Å². The van der Waals surface area contributed by atoms with Crippen LogP contribution in [-0.2, 0) is 29.2 Å². The number of hydrogen-bond donors (Lipinski definition) is 2. The summed E-state index contributed by atoms with van der Waals surface area (Å²) in [5.74, 6) is 0.777. The standard InChI is InChI=1S/C17H21N3O2S.ClH/c1-17-5-4-15(21)20(17)14(10-23-17)16(22)19-7-11-2-3-12-8-18-9-13(12)6-11;/h2-3,6,14,18H,4-5,7-10H2,1H3,(H,19,22);1H. The van der Waals surface area contributed by atoms with Crippen LogP contribution in [0.3, 0.4) is 0 Å². The molecule has 0 aromatic heterocycles. The molecular formula is C17H22ClN3O2S. The summed E-state index contributed by atoms with van der Waals surface area (Å²) >= 11 is 1.73. The van der Waals surface area contributed by atoms with E-state index in [1.807, 2.05) is 0 Å². The number of fused-ring (bicyclic) bond motifs is 2.